The first-order valence-corrected chi connectivity index (χ1v) is 5.37. The number of hydrogen-bond acceptors (Lipinski definition) is 5. The number of rotatable bonds is 2. The summed E-state index contributed by atoms with van der Waals surface area (Å²) >= 11 is 0. The van der Waals surface area contributed by atoms with E-state index in [1.54, 1.807) is 0 Å². The summed E-state index contributed by atoms with van der Waals surface area (Å²) < 4.78 is 0. The van der Waals surface area contributed by atoms with Crippen molar-refractivity contribution in [3.63, 3.8) is 0 Å². The van der Waals surface area contributed by atoms with Gasteiger partial charge in [-0.25, -0.2) is 4.98 Å². The third-order valence-electron chi connectivity index (χ3n) is 2.37. The minimum absolute atomic E-state index is 0.282. The second-order valence-electron chi connectivity index (χ2n) is 3.88. The van der Waals surface area contributed by atoms with Crippen molar-refractivity contribution >= 4 is 17.5 Å². The molecule has 5 nitrogen and oxygen atoms in total. The van der Waals surface area contributed by atoms with Gasteiger partial charge in [0.25, 0.3) is 0 Å². The molecule has 0 saturated heterocycles. The predicted octanol–water partition coefficient (Wildman–Crippen LogP) is 1.70. The highest BCUT2D eigenvalue weighted by atomic mass is 15.1. The molecule has 1 aliphatic carbocycles. The molecule has 2 rings (SSSR count). The fraction of sp³-hybridized carbons (Fsp3) is 0.167. The monoisotopic (exact) mass is 229 g/mol. The van der Waals surface area contributed by atoms with E-state index in [2.05, 4.69) is 34.4 Å². The third-order valence-corrected chi connectivity index (χ3v) is 2.37. The van der Waals surface area contributed by atoms with Crippen LogP contribution in [-0.4, -0.2) is 9.97 Å². The Morgan fingerprint density at radius 2 is 2.12 bits per heavy atom. The molecule has 17 heavy (non-hydrogen) atoms. The highest BCUT2D eigenvalue weighted by Crippen LogP contribution is 2.15. The molecule has 5 heteroatoms. The SMILES string of the molecule is CC1C=CC=C(Nc2ncc(N)c(N)n2)C=C1. The average molecular weight is 229 g/mol. The predicted molar refractivity (Wildman–Crippen MR) is 70.0 cm³/mol. The number of allylic oxidation sites excluding steroid dienone is 5. The van der Waals surface area contributed by atoms with Crippen LogP contribution in [0.1, 0.15) is 6.92 Å². The van der Waals surface area contributed by atoms with Gasteiger partial charge in [-0.2, -0.15) is 4.98 Å². The van der Waals surface area contributed by atoms with Crippen LogP contribution in [0, 0.1) is 5.92 Å². The number of nitrogens with zero attached hydrogens (tertiary/aromatic N) is 2. The minimum atomic E-state index is 0.282. The number of nitrogen functional groups attached to an aromatic ring is 2. The van der Waals surface area contributed by atoms with E-state index in [4.69, 9.17) is 11.5 Å². The van der Waals surface area contributed by atoms with Gasteiger partial charge >= 0.3 is 0 Å². The van der Waals surface area contributed by atoms with Crippen molar-refractivity contribution < 1.29 is 0 Å². The summed E-state index contributed by atoms with van der Waals surface area (Å²) in [6, 6.07) is 0. The number of anilines is 3. The van der Waals surface area contributed by atoms with Gasteiger partial charge in [0.05, 0.1) is 11.9 Å². The first-order chi connectivity index (χ1) is 8.15. The third kappa shape index (κ3) is 2.84. The summed E-state index contributed by atoms with van der Waals surface area (Å²) in [4.78, 5) is 8.11. The molecule has 1 unspecified atom stereocenters. The lowest BCUT2D eigenvalue weighted by Crippen LogP contribution is -2.05. The van der Waals surface area contributed by atoms with E-state index in [0.29, 0.717) is 17.6 Å². The summed E-state index contributed by atoms with van der Waals surface area (Å²) in [5, 5.41) is 3.07. The van der Waals surface area contributed by atoms with Crippen LogP contribution < -0.4 is 16.8 Å². The van der Waals surface area contributed by atoms with Gasteiger partial charge in [0.2, 0.25) is 5.95 Å². The van der Waals surface area contributed by atoms with Crippen LogP contribution in [0.25, 0.3) is 0 Å². The summed E-state index contributed by atoms with van der Waals surface area (Å²) in [5.41, 5.74) is 12.5. The Morgan fingerprint density at radius 3 is 2.88 bits per heavy atom. The lowest BCUT2D eigenvalue weighted by atomic mass is 10.2. The van der Waals surface area contributed by atoms with Gasteiger partial charge in [-0.1, -0.05) is 25.2 Å². The maximum Gasteiger partial charge on any atom is 0.229 e. The van der Waals surface area contributed by atoms with E-state index < -0.39 is 0 Å². The molecule has 5 N–H and O–H groups in total. The molecule has 0 radical (unpaired) electrons. The molecule has 0 saturated carbocycles. The molecule has 0 amide bonds. The summed E-state index contributed by atoms with van der Waals surface area (Å²) in [7, 11) is 0. The van der Waals surface area contributed by atoms with Crippen molar-refractivity contribution in [1.29, 1.82) is 0 Å². The fourth-order valence-corrected chi connectivity index (χ4v) is 1.39. The van der Waals surface area contributed by atoms with Gasteiger partial charge in [-0.05, 0) is 18.1 Å². The van der Waals surface area contributed by atoms with Gasteiger partial charge in [0.15, 0.2) is 5.82 Å². The van der Waals surface area contributed by atoms with Crippen molar-refractivity contribution in [3.05, 3.63) is 42.3 Å². The standard InChI is InChI=1S/C12H15N5/c1-8-3-2-4-9(6-5-8)16-12-15-7-10(13)11(14)17-12/h2-8H,13H2,1H3,(H3,14,15,16,17). The normalized spacial score (nSPS) is 18.6. The zero-order chi connectivity index (χ0) is 12.3. The fourth-order valence-electron chi connectivity index (χ4n) is 1.39. The molecule has 1 aromatic rings. The molecule has 1 aliphatic rings. The quantitative estimate of drug-likeness (QED) is 0.718. The summed E-state index contributed by atoms with van der Waals surface area (Å²) in [6.07, 6.45) is 11.6. The maximum atomic E-state index is 5.61. The van der Waals surface area contributed by atoms with Crippen LogP contribution in [-0.2, 0) is 0 Å². The highest BCUT2D eigenvalue weighted by Gasteiger charge is 2.03. The summed E-state index contributed by atoms with van der Waals surface area (Å²) in [6.45, 7) is 2.11. The lowest BCUT2D eigenvalue weighted by Gasteiger charge is -2.06. The second kappa shape index (κ2) is 4.69. The Morgan fingerprint density at radius 1 is 1.29 bits per heavy atom. The molecule has 88 valence electrons. The topological polar surface area (TPSA) is 89.8 Å². The minimum Gasteiger partial charge on any atom is -0.394 e. The molecule has 0 spiro atoms. The van der Waals surface area contributed by atoms with Crippen LogP contribution in [0.4, 0.5) is 17.5 Å². The van der Waals surface area contributed by atoms with Gasteiger partial charge < -0.3 is 16.8 Å². The van der Waals surface area contributed by atoms with Crippen molar-refractivity contribution in [3.8, 4) is 0 Å². The van der Waals surface area contributed by atoms with E-state index in [-0.39, 0.29) is 5.82 Å². The van der Waals surface area contributed by atoms with Crippen LogP contribution in [0.5, 0.6) is 0 Å². The number of aromatic nitrogens is 2. The first kappa shape index (κ1) is 11.2. The van der Waals surface area contributed by atoms with Gasteiger partial charge in [-0.15, -0.1) is 0 Å². The largest absolute Gasteiger partial charge is 0.394 e. The molecule has 0 aliphatic heterocycles. The summed E-state index contributed by atoms with van der Waals surface area (Å²) in [5.74, 6) is 1.14. The molecule has 0 fully saturated rings. The number of hydrogen-bond donors (Lipinski definition) is 3. The molecular weight excluding hydrogens is 214 g/mol. The van der Waals surface area contributed by atoms with Crippen LogP contribution >= 0.6 is 0 Å². The Labute approximate surface area is 99.9 Å². The maximum absolute atomic E-state index is 5.61. The lowest BCUT2D eigenvalue weighted by molar-refractivity contribution is 0.942. The Hall–Kier alpha value is -2.30. The van der Waals surface area contributed by atoms with Gasteiger partial charge in [0, 0.05) is 5.70 Å². The van der Waals surface area contributed by atoms with E-state index in [9.17, 15) is 0 Å². The van der Waals surface area contributed by atoms with E-state index in [0.717, 1.165) is 5.70 Å². The van der Waals surface area contributed by atoms with Crippen molar-refractivity contribution in [2.75, 3.05) is 16.8 Å². The zero-order valence-corrected chi connectivity index (χ0v) is 9.59. The number of nitrogens with two attached hydrogens (primary N) is 2. The smallest absolute Gasteiger partial charge is 0.229 e. The molecular formula is C12H15N5. The number of nitrogens with one attached hydrogen (secondary N) is 1. The average Bonchev–Trinajstić information content (AvgIpc) is 2.49. The van der Waals surface area contributed by atoms with Gasteiger partial charge in [0.1, 0.15) is 0 Å². The van der Waals surface area contributed by atoms with E-state index >= 15 is 0 Å². The van der Waals surface area contributed by atoms with Crippen LogP contribution in [0.2, 0.25) is 0 Å². The van der Waals surface area contributed by atoms with Crippen LogP contribution in [0.3, 0.4) is 0 Å². The first-order valence-electron chi connectivity index (χ1n) is 5.37. The highest BCUT2D eigenvalue weighted by molar-refractivity contribution is 5.59. The van der Waals surface area contributed by atoms with E-state index in [1.807, 2.05) is 18.2 Å². The Bertz CT molecular complexity index is 502. The molecule has 1 aromatic heterocycles. The zero-order valence-electron chi connectivity index (χ0n) is 9.59. The molecule has 0 aromatic carbocycles. The van der Waals surface area contributed by atoms with E-state index in [1.165, 1.54) is 6.20 Å². The van der Waals surface area contributed by atoms with Crippen LogP contribution in [0.15, 0.2) is 42.3 Å². The van der Waals surface area contributed by atoms with Gasteiger partial charge in [-0.3, -0.25) is 0 Å². The molecule has 1 heterocycles. The second-order valence-corrected chi connectivity index (χ2v) is 3.88. The van der Waals surface area contributed by atoms with Crippen molar-refractivity contribution in [2.24, 2.45) is 5.92 Å². The van der Waals surface area contributed by atoms with Crippen molar-refractivity contribution in [1.82, 2.24) is 9.97 Å². The Kier molecular flexibility index (Phi) is 3.09. The molecule has 0 bridgehead atoms. The van der Waals surface area contributed by atoms with Crippen molar-refractivity contribution in [2.45, 2.75) is 6.92 Å². The Balaban J connectivity index is 2.16. The molecule has 1 atom stereocenters.